The van der Waals surface area contributed by atoms with Crippen LogP contribution in [0.25, 0.3) is 0 Å². The molecule has 0 aliphatic heterocycles. The Morgan fingerprint density at radius 3 is 2.72 bits per heavy atom. The fraction of sp³-hybridized carbons (Fsp3) is 0.455. The zero-order valence-corrected chi connectivity index (χ0v) is 19.9. The first-order chi connectivity index (χ1) is 13.7. The third kappa shape index (κ3) is 9.94. The number of guanidine groups is 1. The number of halogens is 1. The molecule has 0 atom stereocenters. The summed E-state index contributed by atoms with van der Waals surface area (Å²) in [4.78, 5) is 9.07. The molecule has 2 rings (SSSR count). The molecule has 29 heavy (non-hydrogen) atoms. The lowest BCUT2D eigenvalue weighted by Gasteiger charge is -2.13. The van der Waals surface area contributed by atoms with E-state index in [0.717, 1.165) is 48.9 Å². The number of hydrogen-bond acceptors (Lipinski definition) is 4. The van der Waals surface area contributed by atoms with E-state index in [1.807, 2.05) is 24.4 Å². The number of pyridine rings is 1. The van der Waals surface area contributed by atoms with E-state index in [2.05, 4.69) is 47.7 Å². The minimum atomic E-state index is 0. The van der Waals surface area contributed by atoms with Gasteiger partial charge in [-0.25, -0.2) is 4.99 Å². The van der Waals surface area contributed by atoms with E-state index in [1.165, 1.54) is 5.56 Å². The van der Waals surface area contributed by atoms with Crippen LogP contribution in [0, 0.1) is 6.92 Å². The van der Waals surface area contributed by atoms with Crippen LogP contribution in [0.15, 0.2) is 47.6 Å². The number of aryl methyl sites for hydroxylation is 1. The molecule has 0 aliphatic rings. The summed E-state index contributed by atoms with van der Waals surface area (Å²) in [7, 11) is 1.70. The van der Waals surface area contributed by atoms with Crippen molar-refractivity contribution in [1.29, 1.82) is 0 Å². The van der Waals surface area contributed by atoms with E-state index in [9.17, 15) is 0 Å². The summed E-state index contributed by atoms with van der Waals surface area (Å²) in [5.74, 6) is 1.69. The standard InChI is InChI=1S/C22H32N4O2.HI/c1-4-23-22(25-13-11-20-8-5-6-12-24-20)26-17-19-10-9-18(2)16-21(19)28-15-7-14-27-3;/h5-6,8-10,12,16H,4,7,11,13-15,17H2,1-3H3,(H2,23,25,26);1H. The molecule has 6 nitrogen and oxygen atoms in total. The number of benzene rings is 1. The Kier molecular flexibility index (Phi) is 13.0. The first kappa shape index (κ1) is 25.2. The maximum absolute atomic E-state index is 5.95. The van der Waals surface area contributed by atoms with Crippen molar-refractivity contribution in [2.75, 3.05) is 33.4 Å². The average molecular weight is 512 g/mol. The van der Waals surface area contributed by atoms with Crippen LogP contribution in [-0.2, 0) is 17.7 Å². The largest absolute Gasteiger partial charge is 0.493 e. The molecule has 1 aromatic carbocycles. The Labute approximate surface area is 191 Å². The van der Waals surface area contributed by atoms with Gasteiger partial charge in [-0.1, -0.05) is 18.2 Å². The maximum Gasteiger partial charge on any atom is 0.191 e. The van der Waals surface area contributed by atoms with Gasteiger partial charge in [0.1, 0.15) is 5.75 Å². The van der Waals surface area contributed by atoms with E-state index in [-0.39, 0.29) is 24.0 Å². The Morgan fingerprint density at radius 2 is 2.00 bits per heavy atom. The zero-order valence-electron chi connectivity index (χ0n) is 17.6. The lowest BCUT2D eigenvalue weighted by molar-refractivity contribution is 0.172. The van der Waals surface area contributed by atoms with Crippen LogP contribution >= 0.6 is 24.0 Å². The van der Waals surface area contributed by atoms with Crippen molar-refractivity contribution in [2.24, 2.45) is 4.99 Å². The topological polar surface area (TPSA) is 67.8 Å². The number of hydrogen-bond donors (Lipinski definition) is 2. The normalized spacial score (nSPS) is 10.9. The third-order valence-corrected chi connectivity index (χ3v) is 4.12. The molecule has 0 amide bonds. The van der Waals surface area contributed by atoms with Gasteiger partial charge in [-0.2, -0.15) is 0 Å². The van der Waals surface area contributed by atoms with Gasteiger partial charge >= 0.3 is 0 Å². The van der Waals surface area contributed by atoms with Crippen molar-refractivity contribution in [1.82, 2.24) is 15.6 Å². The van der Waals surface area contributed by atoms with Gasteiger partial charge < -0.3 is 20.1 Å². The lowest BCUT2D eigenvalue weighted by Crippen LogP contribution is -2.38. The summed E-state index contributed by atoms with van der Waals surface area (Å²) in [5.41, 5.74) is 3.32. The molecule has 2 aromatic rings. The van der Waals surface area contributed by atoms with Crippen molar-refractivity contribution in [3.05, 3.63) is 59.4 Å². The van der Waals surface area contributed by atoms with Gasteiger partial charge in [0.05, 0.1) is 13.2 Å². The molecule has 2 N–H and O–H groups in total. The van der Waals surface area contributed by atoms with Gasteiger partial charge in [0, 0.05) is 57.1 Å². The second kappa shape index (κ2) is 15.0. The monoisotopic (exact) mass is 512 g/mol. The van der Waals surface area contributed by atoms with Crippen LogP contribution < -0.4 is 15.4 Å². The molecular formula is C22H33IN4O2. The first-order valence-corrected chi connectivity index (χ1v) is 9.86. The Bertz CT molecular complexity index is 726. The fourth-order valence-electron chi connectivity index (χ4n) is 2.67. The Hall–Kier alpha value is -1.87. The van der Waals surface area contributed by atoms with Gasteiger partial charge in [0.25, 0.3) is 0 Å². The summed E-state index contributed by atoms with van der Waals surface area (Å²) in [6.07, 6.45) is 3.54. The van der Waals surface area contributed by atoms with Crippen LogP contribution in [0.2, 0.25) is 0 Å². The predicted octanol–water partition coefficient (Wildman–Crippen LogP) is 3.72. The molecule has 1 heterocycles. The number of nitrogens with zero attached hydrogens (tertiary/aromatic N) is 2. The lowest BCUT2D eigenvalue weighted by atomic mass is 10.1. The van der Waals surface area contributed by atoms with Crippen molar-refractivity contribution < 1.29 is 9.47 Å². The molecule has 0 aliphatic carbocycles. The van der Waals surface area contributed by atoms with Gasteiger partial charge in [0.15, 0.2) is 5.96 Å². The third-order valence-electron chi connectivity index (χ3n) is 4.12. The number of methoxy groups -OCH3 is 1. The quantitative estimate of drug-likeness (QED) is 0.208. The molecule has 0 radical (unpaired) electrons. The summed E-state index contributed by atoms with van der Waals surface area (Å²) in [5, 5.41) is 6.66. The highest BCUT2D eigenvalue weighted by Crippen LogP contribution is 2.21. The molecule has 0 spiro atoms. The number of rotatable bonds is 11. The number of ether oxygens (including phenoxy) is 2. The van der Waals surface area contributed by atoms with Crippen molar-refractivity contribution in [3.8, 4) is 5.75 Å². The van der Waals surface area contributed by atoms with E-state index in [0.29, 0.717) is 19.8 Å². The summed E-state index contributed by atoms with van der Waals surface area (Å²) < 4.78 is 11.0. The van der Waals surface area contributed by atoms with E-state index < -0.39 is 0 Å². The van der Waals surface area contributed by atoms with Gasteiger partial charge in [-0.05, 0) is 37.6 Å². The summed E-state index contributed by atoms with van der Waals surface area (Å²) in [6.45, 7) is 7.60. The fourth-order valence-corrected chi connectivity index (χ4v) is 2.67. The second-order valence-corrected chi connectivity index (χ2v) is 6.50. The summed E-state index contributed by atoms with van der Waals surface area (Å²) >= 11 is 0. The SMILES string of the molecule is CCNC(=NCc1ccc(C)cc1OCCCOC)NCCc1ccccn1.I. The van der Waals surface area contributed by atoms with E-state index in [4.69, 9.17) is 14.5 Å². The molecule has 7 heteroatoms. The minimum Gasteiger partial charge on any atom is -0.493 e. The molecule has 0 saturated heterocycles. The number of aromatic nitrogens is 1. The van der Waals surface area contributed by atoms with Crippen LogP contribution in [-0.4, -0.2) is 44.4 Å². The van der Waals surface area contributed by atoms with Gasteiger partial charge in [0.2, 0.25) is 0 Å². The Balaban J connectivity index is 0.00000420. The highest BCUT2D eigenvalue weighted by atomic mass is 127. The molecular weight excluding hydrogens is 479 g/mol. The van der Waals surface area contributed by atoms with Crippen LogP contribution in [0.1, 0.15) is 30.2 Å². The van der Waals surface area contributed by atoms with Crippen molar-refractivity contribution in [2.45, 2.75) is 33.2 Å². The first-order valence-electron chi connectivity index (χ1n) is 9.86. The van der Waals surface area contributed by atoms with Crippen LogP contribution in [0.4, 0.5) is 0 Å². The maximum atomic E-state index is 5.95. The molecule has 0 fully saturated rings. The summed E-state index contributed by atoms with van der Waals surface area (Å²) in [6, 6.07) is 12.2. The zero-order chi connectivity index (χ0) is 20.0. The Morgan fingerprint density at radius 1 is 1.14 bits per heavy atom. The molecule has 0 bridgehead atoms. The molecule has 160 valence electrons. The highest BCUT2D eigenvalue weighted by Gasteiger charge is 2.05. The van der Waals surface area contributed by atoms with Crippen molar-refractivity contribution in [3.63, 3.8) is 0 Å². The van der Waals surface area contributed by atoms with E-state index >= 15 is 0 Å². The second-order valence-electron chi connectivity index (χ2n) is 6.50. The number of aliphatic imine (C=N–C) groups is 1. The minimum absolute atomic E-state index is 0. The van der Waals surface area contributed by atoms with Crippen molar-refractivity contribution >= 4 is 29.9 Å². The average Bonchev–Trinajstić information content (AvgIpc) is 2.71. The van der Waals surface area contributed by atoms with Crippen LogP contribution in [0.3, 0.4) is 0 Å². The number of nitrogens with one attached hydrogen (secondary N) is 2. The smallest absolute Gasteiger partial charge is 0.191 e. The van der Waals surface area contributed by atoms with Gasteiger partial charge in [-0.3, -0.25) is 4.98 Å². The predicted molar refractivity (Wildman–Crippen MR) is 129 cm³/mol. The molecule has 0 unspecified atom stereocenters. The molecule has 0 saturated carbocycles. The molecule has 1 aromatic heterocycles. The van der Waals surface area contributed by atoms with Crippen LogP contribution in [0.5, 0.6) is 5.75 Å². The van der Waals surface area contributed by atoms with E-state index in [1.54, 1.807) is 7.11 Å². The highest BCUT2D eigenvalue weighted by molar-refractivity contribution is 14.0. The van der Waals surface area contributed by atoms with Gasteiger partial charge in [-0.15, -0.1) is 24.0 Å².